The number of hydrogen-bond donors (Lipinski definition) is 1. The Hall–Kier alpha value is -2.03. The van der Waals surface area contributed by atoms with Gasteiger partial charge in [-0.2, -0.15) is 0 Å². The van der Waals surface area contributed by atoms with Crippen molar-refractivity contribution in [1.29, 1.82) is 0 Å². The highest BCUT2D eigenvalue weighted by Gasteiger charge is 2.20. The van der Waals surface area contributed by atoms with E-state index in [9.17, 15) is 18.4 Å². The van der Waals surface area contributed by atoms with Crippen molar-refractivity contribution < 1.29 is 18.3 Å². The SMILES string of the molecule is CCCN(CC(F)F)C(=O)CCc1c(C)nc(N2CCOCC2)[nH]c1=O. The molecule has 9 heteroatoms. The predicted molar refractivity (Wildman–Crippen MR) is 93.8 cm³/mol. The van der Waals surface area contributed by atoms with Crippen LogP contribution in [0.1, 0.15) is 31.0 Å². The van der Waals surface area contributed by atoms with E-state index in [1.165, 1.54) is 0 Å². The molecule has 1 fully saturated rings. The maximum atomic E-state index is 12.6. The summed E-state index contributed by atoms with van der Waals surface area (Å²) in [6, 6.07) is 0. The first-order chi connectivity index (χ1) is 12.4. The third kappa shape index (κ3) is 5.48. The highest BCUT2D eigenvalue weighted by molar-refractivity contribution is 5.76. The smallest absolute Gasteiger partial charge is 0.255 e. The van der Waals surface area contributed by atoms with Crippen LogP contribution in [-0.2, 0) is 16.0 Å². The summed E-state index contributed by atoms with van der Waals surface area (Å²) < 4.78 is 30.5. The Bertz CT molecular complexity index is 660. The number of ether oxygens (including phenoxy) is 1. The minimum Gasteiger partial charge on any atom is -0.378 e. The lowest BCUT2D eigenvalue weighted by atomic mass is 10.1. The number of amides is 1. The molecule has 2 rings (SSSR count). The standard InChI is InChI=1S/C17H26F2N4O3/c1-3-6-23(11-14(18)19)15(24)5-4-13-12(2)20-17(21-16(13)25)22-7-9-26-10-8-22/h14H,3-11H2,1-2H3,(H,20,21,25). The van der Waals surface area contributed by atoms with Gasteiger partial charge in [-0.25, -0.2) is 13.8 Å². The molecule has 1 aliphatic rings. The summed E-state index contributed by atoms with van der Waals surface area (Å²) in [6.07, 6.45) is -1.77. The van der Waals surface area contributed by atoms with Crippen LogP contribution in [0.5, 0.6) is 0 Å². The van der Waals surface area contributed by atoms with Gasteiger partial charge in [0.25, 0.3) is 12.0 Å². The molecule has 1 saturated heterocycles. The van der Waals surface area contributed by atoms with Crippen molar-refractivity contribution in [2.24, 2.45) is 0 Å². The van der Waals surface area contributed by atoms with E-state index in [1.54, 1.807) is 6.92 Å². The average Bonchev–Trinajstić information content (AvgIpc) is 2.60. The molecule has 0 saturated carbocycles. The Morgan fingerprint density at radius 1 is 1.38 bits per heavy atom. The first-order valence-electron chi connectivity index (χ1n) is 8.90. The number of rotatable bonds is 8. The van der Waals surface area contributed by atoms with Gasteiger partial charge in [0.2, 0.25) is 11.9 Å². The van der Waals surface area contributed by atoms with Gasteiger partial charge in [0.15, 0.2) is 0 Å². The number of anilines is 1. The number of carbonyl (C=O) groups excluding carboxylic acids is 1. The fourth-order valence-electron chi connectivity index (χ4n) is 2.96. The fraction of sp³-hybridized carbons (Fsp3) is 0.706. The number of nitrogens with one attached hydrogen (secondary N) is 1. The zero-order valence-electron chi connectivity index (χ0n) is 15.3. The minimum absolute atomic E-state index is 0.00915. The van der Waals surface area contributed by atoms with Crippen molar-refractivity contribution in [1.82, 2.24) is 14.9 Å². The number of nitrogens with zero attached hydrogens (tertiary/aromatic N) is 3. The second kappa shape index (κ2) is 9.61. The summed E-state index contributed by atoms with van der Waals surface area (Å²) in [4.78, 5) is 34.9. The van der Waals surface area contributed by atoms with Crippen molar-refractivity contribution in [3.05, 3.63) is 21.6 Å². The van der Waals surface area contributed by atoms with Crippen molar-refractivity contribution in [3.63, 3.8) is 0 Å². The second-order valence-corrected chi connectivity index (χ2v) is 6.28. The van der Waals surface area contributed by atoms with E-state index >= 15 is 0 Å². The molecular formula is C17H26F2N4O3. The molecule has 0 radical (unpaired) electrons. The molecule has 1 aromatic rings. The number of H-pyrrole nitrogens is 1. The van der Waals surface area contributed by atoms with Crippen LogP contribution < -0.4 is 10.5 Å². The lowest BCUT2D eigenvalue weighted by Crippen LogP contribution is -2.39. The van der Waals surface area contributed by atoms with Gasteiger partial charge in [-0.1, -0.05) is 6.92 Å². The monoisotopic (exact) mass is 372 g/mol. The molecular weight excluding hydrogens is 346 g/mol. The summed E-state index contributed by atoms with van der Waals surface area (Å²) in [5, 5.41) is 0. The van der Waals surface area contributed by atoms with Crippen LogP contribution in [0.25, 0.3) is 0 Å². The lowest BCUT2D eigenvalue weighted by Gasteiger charge is -2.27. The van der Waals surface area contributed by atoms with Crippen molar-refractivity contribution in [3.8, 4) is 0 Å². The van der Waals surface area contributed by atoms with Crippen LogP contribution in [0.4, 0.5) is 14.7 Å². The average molecular weight is 372 g/mol. The van der Waals surface area contributed by atoms with Gasteiger partial charge < -0.3 is 14.5 Å². The number of aromatic nitrogens is 2. The molecule has 0 aromatic carbocycles. The summed E-state index contributed by atoms with van der Waals surface area (Å²) in [5.41, 5.74) is 0.686. The van der Waals surface area contributed by atoms with Crippen molar-refractivity contribution >= 4 is 11.9 Å². The predicted octanol–water partition coefficient (Wildman–Crippen LogP) is 1.35. The summed E-state index contributed by atoms with van der Waals surface area (Å²) in [6.45, 7) is 5.73. The molecule has 7 nitrogen and oxygen atoms in total. The van der Waals surface area contributed by atoms with E-state index in [0.29, 0.717) is 49.9 Å². The number of hydrogen-bond acceptors (Lipinski definition) is 5. The number of alkyl halides is 2. The van der Waals surface area contributed by atoms with E-state index in [0.717, 1.165) is 4.90 Å². The van der Waals surface area contributed by atoms with Gasteiger partial charge in [0, 0.05) is 37.3 Å². The Kier molecular flexibility index (Phi) is 7.50. The van der Waals surface area contributed by atoms with Crippen LogP contribution >= 0.6 is 0 Å². The number of carbonyl (C=O) groups is 1. The molecule has 1 N–H and O–H groups in total. The third-order valence-corrected chi connectivity index (χ3v) is 4.31. The molecule has 0 spiro atoms. The van der Waals surface area contributed by atoms with E-state index < -0.39 is 13.0 Å². The molecule has 0 aliphatic carbocycles. The van der Waals surface area contributed by atoms with Gasteiger partial charge in [-0.3, -0.25) is 14.6 Å². The van der Waals surface area contributed by atoms with Gasteiger partial charge in [0.05, 0.1) is 19.8 Å². The number of morpholine rings is 1. The summed E-state index contributed by atoms with van der Waals surface area (Å²) in [5.74, 6) is 0.124. The van der Waals surface area contributed by atoms with Gasteiger partial charge in [0.1, 0.15) is 0 Å². The number of aromatic amines is 1. The number of aryl methyl sites for hydroxylation is 1. The van der Waals surface area contributed by atoms with Crippen LogP contribution in [0.15, 0.2) is 4.79 Å². The van der Waals surface area contributed by atoms with E-state index in [2.05, 4.69) is 9.97 Å². The quantitative estimate of drug-likeness (QED) is 0.745. The normalized spacial score (nSPS) is 14.7. The van der Waals surface area contributed by atoms with Crippen LogP contribution in [0, 0.1) is 6.92 Å². The van der Waals surface area contributed by atoms with E-state index in [1.807, 2.05) is 11.8 Å². The Labute approximate surface area is 151 Å². The molecule has 0 unspecified atom stereocenters. The summed E-state index contributed by atoms with van der Waals surface area (Å²) >= 11 is 0. The molecule has 1 aromatic heterocycles. The fourth-order valence-corrected chi connectivity index (χ4v) is 2.96. The van der Waals surface area contributed by atoms with Crippen LogP contribution in [0.3, 0.4) is 0 Å². The molecule has 0 atom stereocenters. The Morgan fingerprint density at radius 3 is 2.65 bits per heavy atom. The molecule has 1 aliphatic heterocycles. The maximum Gasteiger partial charge on any atom is 0.255 e. The zero-order valence-corrected chi connectivity index (χ0v) is 15.3. The van der Waals surface area contributed by atoms with Gasteiger partial charge >= 0.3 is 0 Å². The Morgan fingerprint density at radius 2 is 2.08 bits per heavy atom. The number of halogens is 2. The first-order valence-corrected chi connectivity index (χ1v) is 8.90. The van der Waals surface area contributed by atoms with Gasteiger partial charge in [-0.15, -0.1) is 0 Å². The Balaban J connectivity index is 2.04. The van der Waals surface area contributed by atoms with Crippen LogP contribution in [0.2, 0.25) is 0 Å². The molecule has 26 heavy (non-hydrogen) atoms. The second-order valence-electron chi connectivity index (χ2n) is 6.28. The van der Waals surface area contributed by atoms with E-state index in [4.69, 9.17) is 4.74 Å². The lowest BCUT2D eigenvalue weighted by molar-refractivity contribution is -0.133. The molecule has 146 valence electrons. The van der Waals surface area contributed by atoms with Crippen molar-refractivity contribution in [2.75, 3.05) is 44.3 Å². The largest absolute Gasteiger partial charge is 0.378 e. The van der Waals surface area contributed by atoms with E-state index in [-0.39, 0.29) is 30.9 Å². The minimum atomic E-state index is -2.56. The highest BCUT2D eigenvalue weighted by Crippen LogP contribution is 2.12. The van der Waals surface area contributed by atoms with Crippen molar-refractivity contribution in [2.45, 2.75) is 39.5 Å². The first kappa shape index (κ1) is 20.3. The third-order valence-electron chi connectivity index (χ3n) is 4.31. The zero-order chi connectivity index (χ0) is 19.1. The molecule has 1 amide bonds. The maximum absolute atomic E-state index is 12.6. The highest BCUT2D eigenvalue weighted by atomic mass is 19.3. The van der Waals surface area contributed by atoms with Crippen LogP contribution in [-0.4, -0.2) is 66.6 Å². The molecule has 0 bridgehead atoms. The summed E-state index contributed by atoms with van der Waals surface area (Å²) in [7, 11) is 0. The molecule has 2 heterocycles. The van der Waals surface area contributed by atoms with Gasteiger partial charge in [-0.05, 0) is 19.8 Å². The topological polar surface area (TPSA) is 78.5 Å².